The minimum atomic E-state index is -0.221. The first-order valence-corrected chi connectivity index (χ1v) is 9.68. The van der Waals surface area contributed by atoms with Crippen LogP contribution in [0.5, 0.6) is 0 Å². The first-order chi connectivity index (χ1) is 14.7. The van der Waals surface area contributed by atoms with Gasteiger partial charge in [-0.3, -0.25) is 9.78 Å². The van der Waals surface area contributed by atoms with E-state index in [2.05, 4.69) is 33.8 Å². The van der Waals surface area contributed by atoms with E-state index in [-0.39, 0.29) is 5.91 Å². The molecule has 0 saturated carbocycles. The molecule has 1 amide bonds. The van der Waals surface area contributed by atoms with Gasteiger partial charge in [0.25, 0.3) is 0 Å². The second kappa shape index (κ2) is 8.92. The van der Waals surface area contributed by atoms with Crippen LogP contribution in [0.3, 0.4) is 0 Å². The minimum Gasteiger partial charge on any atom is -0.397 e. The van der Waals surface area contributed by atoms with Crippen molar-refractivity contribution in [2.24, 2.45) is 0 Å². The lowest BCUT2D eigenvalue weighted by Crippen LogP contribution is -2.09. The Labute approximate surface area is 175 Å². The Hall–Kier alpha value is -4.12. The predicted molar refractivity (Wildman–Crippen MR) is 124 cm³/mol. The molecule has 5 nitrogen and oxygen atoms in total. The Kier molecular flexibility index (Phi) is 5.71. The van der Waals surface area contributed by atoms with Gasteiger partial charge in [0, 0.05) is 29.9 Å². The van der Waals surface area contributed by atoms with Crippen LogP contribution in [0.25, 0.3) is 17.0 Å². The normalized spacial score (nSPS) is 10.9. The molecule has 148 valence electrons. The summed E-state index contributed by atoms with van der Waals surface area (Å²) in [6.45, 7) is 0.681. The van der Waals surface area contributed by atoms with E-state index in [1.54, 1.807) is 24.4 Å². The number of hydrogen-bond donors (Lipinski definition) is 3. The molecule has 0 aliphatic carbocycles. The lowest BCUT2D eigenvalue weighted by Gasteiger charge is -2.08. The second-order valence-electron chi connectivity index (χ2n) is 6.92. The summed E-state index contributed by atoms with van der Waals surface area (Å²) in [7, 11) is 0. The Bertz CT molecular complexity index is 1220. The number of para-hydroxylation sites is 2. The van der Waals surface area contributed by atoms with Gasteiger partial charge in [-0.2, -0.15) is 0 Å². The summed E-state index contributed by atoms with van der Waals surface area (Å²) in [6, 6.07) is 25.3. The second-order valence-corrected chi connectivity index (χ2v) is 6.92. The first kappa shape index (κ1) is 19.2. The van der Waals surface area contributed by atoms with Crippen molar-refractivity contribution in [2.75, 3.05) is 16.4 Å². The van der Waals surface area contributed by atoms with Crippen molar-refractivity contribution < 1.29 is 4.79 Å². The van der Waals surface area contributed by atoms with Gasteiger partial charge in [0.15, 0.2) is 0 Å². The molecule has 0 aliphatic heterocycles. The van der Waals surface area contributed by atoms with E-state index in [1.807, 2.05) is 48.5 Å². The highest BCUT2D eigenvalue weighted by Crippen LogP contribution is 2.19. The fraction of sp³-hybridized carbons (Fsp3) is 0.0400. The summed E-state index contributed by atoms with van der Waals surface area (Å²) in [6.07, 6.45) is 5.10. The molecular weight excluding hydrogens is 372 g/mol. The van der Waals surface area contributed by atoms with Gasteiger partial charge in [-0.05, 0) is 59.7 Å². The smallest absolute Gasteiger partial charge is 0.248 e. The number of amides is 1. The molecule has 4 aromatic rings. The molecule has 1 aromatic heterocycles. The molecule has 0 spiro atoms. The number of aromatic nitrogens is 1. The third-order valence-electron chi connectivity index (χ3n) is 4.70. The topological polar surface area (TPSA) is 80.0 Å². The Morgan fingerprint density at radius 2 is 1.87 bits per heavy atom. The van der Waals surface area contributed by atoms with Gasteiger partial charge >= 0.3 is 0 Å². The third kappa shape index (κ3) is 4.83. The standard InChI is InChI=1S/C25H22N4O/c26-22-8-1-2-9-24(22)29-25(30)13-10-18-5-3-6-19(15-18)17-28-21-11-12-23-20(16-21)7-4-14-27-23/h1-16,28H,17,26H2,(H,29,30)/b13-10+. The van der Waals surface area contributed by atoms with Crippen LogP contribution < -0.4 is 16.4 Å². The van der Waals surface area contributed by atoms with Crippen molar-refractivity contribution in [1.82, 2.24) is 4.98 Å². The third-order valence-corrected chi connectivity index (χ3v) is 4.70. The number of rotatable bonds is 6. The van der Waals surface area contributed by atoms with E-state index in [1.165, 1.54) is 6.08 Å². The molecule has 0 radical (unpaired) electrons. The highest BCUT2D eigenvalue weighted by molar-refractivity contribution is 6.03. The van der Waals surface area contributed by atoms with Crippen molar-refractivity contribution >= 4 is 39.9 Å². The molecule has 0 bridgehead atoms. The van der Waals surface area contributed by atoms with E-state index < -0.39 is 0 Å². The van der Waals surface area contributed by atoms with Crippen LogP contribution in [0, 0.1) is 0 Å². The molecule has 0 saturated heterocycles. The highest BCUT2D eigenvalue weighted by Gasteiger charge is 2.02. The number of carbonyl (C=O) groups is 1. The number of anilines is 3. The molecular formula is C25H22N4O. The summed E-state index contributed by atoms with van der Waals surface area (Å²) in [4.78, 5) is 16.5. The number of pyridine rings is 1. The number of nitrogen functional groups attached to an aromatic ring is 1. The Morgan fingerprint density at radius 3 is 2.77 bits per heavy atom. The molecule has 0 unspecified atom stereocenters. The van der Waals surface area contributed by atoms with Crippen molar-refractivity contribution in [3.8, 4) is 0 Å². The number of hydrogen-bond acceptors (Lipinski definition) is 4. The number of fused-ring (bicyclic) bond motifs is 1. The predicted octanol–water partition coefficient (Wildman–Crippen LogP) is 5.08. The van der Waals surface area contributed by atoms with Crippen LogP contribution in [0.2, 0.25) is 0 Å². The molecule has 4 N–H and O–H groups in total. The number of nitrogens with two attached hydrogens (primary N) is 1. The average Bonchev–Trinajstić information content (AvgIpc) is 2.78. The first-order valence-electron chi connectivity index (χ1n) is 9.68. The lowest BCUT2D eigenvalue weighted by molar-refractivity contribution is -0.111. The van der Waals surface area contributed by atoms with E-state index in [9.17, 15) is 4.79 Å². The van der Waals surface area contributed by atoms with Gasteiger partial charge in [-0.1, -0.05) is 36.4 Å². The van der Waals surface area contributed by atoms with Gasteiger partial charge in [-0.25, -0.2) is 0 Å². The summed E-state index contributed by atoms with van der Waals surface area (Å²) in [5.74, 6) is -0.221. The lowest BCUT2D eigenvalue weighted by atomic mass is 10.1. The molecule has 3 aromatic carbocycles. The number of nitrogens with zero attached hydrogens (tertiary/aromatic N) is 1. The van der Waals surface area contributed by atoms with E-state index in [0.29, 0.717) is 17.9 Å². The maximum atomic E-state index is 12.2. The van der Waals surface area contributed by atoms with Gasteiger partial charge in [0.1, 0.15) is 0 Å². The van der Waals surface area contributed by atoms with Crippen LogP contribution in [-0.4, -0.2) is 10.9 Å². The van der Waals surface area contributed by atoms with Crippen molar-refractivity contribution in [3.05, 3.63) is 102 Å². The Balaban J connectivity index is 1.38. The van der Waals surface area contributed by atoms with Crippen LogP contribution >= 0.6 is 0 Å². The monoisotopic (exact) mass is 394 g/mol. The van der Waals surface area contributed by atoms with E-state index >= 15 is 0 Å². The van der Waals surface area contributed by atoms with E-state index in [0.717, 1.165) is 27.7 Å². The Morgan fingerprint density at radius 1 is 0.967 bits per heavy atom. The van der Waals surface area contributed by atoms with Crippen molar-refractivity contribution in [2.45, 2.75) is 6.54 Å². The quantitative estimate of drug-likeness (QED) is 0.315. The number of nitrogens with one attached hydrogen (secondary N) is 2. The van der Waals surface area contributed by atoms with Crippen LogP contribution in [0.15, 0.2) is 91.1 Å². The zero-order valence-corrected chi connectivity index (χ0v) is 16.4. The largest absolute Gasteiger partial charge is 0.397 e. The SMILES string of the molecule is Nc1ccccc1NC(=O)/C=C/c1cccc(CNc2ccc3ncccc3c2)c1. The fourth-order valence-corrected chi connectivity index (χ4v) is 3.15. The van der Waals surface area contributed by atoms with E-state index in [4.69, 9.17) is 5.73 Å². The summed E-state index contributed by atoms with van der Waals surface area (Å²) < 4.78 is 0. The van der Waals surface area contributed by atoms with Gasteiger partial charge in [0.2, 0.25) is 5.91 Å². The van der Waals surface area contributed by atoms with Crippen molar-refractivity contribution in [1.29, 1.82) is 0 Å². The van der Waals surface area contributed by atoms with Gasteiger partial charge in [-0.15, -0.1) is 0 Å². The van der Waals surface area contributed by atoms with Gasteiger partial charge in [0.05, 0.1) is 16.9 Å². The zero-order valence-electron chi connectivity index (χ0n) is 16.4. The molecule has 1 heterocycles. The van der Waals surface area contributed by atoms with Crippen LogP contribution in [-0.2, 0) is 11.3 Å². The molecule has 0 fully saturated rings. The minimum absolute atomic E-state index is 0.221. The summed E-state index contributed by atoms with van der Waals surface area (Å²) >= 11 is 0. The zero-order chi connectivity index (χ0) is 20.8. The summed E-state index contributed by atoms with van der Waals surface area (Å²) in [5.41, 5.74) is 11.1. The maximum Gasteiger partial charge on any atom is 0.248 e. The highest BCUT2D eigenvalue weighted by atomic mass is 16.1. The number of carbonyl (C=O) groups excluding carboxylic acids is 1. The number of benzene rings is 3. The van der Waals surface area contributed by atoms with Crippen LogP contribution in [0.4, 0.5) is 17.1 Å². The van der Waals surface area contributed by atoms with Gasteiger partial charge < -0.3 is 16.4 Å². The fourth-order valence-electron chi connectivity index (χ4n) is 3.15. The molecule has 30 heavy (non-hydrogen) atoms. The molecule has 0 atom stereocenters. The van der Waals surface area contributed by atoms with Crippen LogP contribution in [0.1, 0.15) is 11.1 Å². The summed E-state index contributed by atoms with van der Waals surface area (Å²) in [5, 5.41) is 7.33. The molecule has 4 rings (SSSR count). The average molecular weight is 394 g/mol. The molecule has 5 heteroatoms. The molecule has 0 aliphatic rings. The van der Waals surface area contributed by atoms with Crippen molar-refractivity contribution in [3.63, 3.8) is 0 Å². The maximum absolute atomic E-state index is 12.2.